The van der Waals surface area contributed by atoms with Crippen molar-refractivity contribution in [1.29, 1.82) is 0 Å². The number of carboxylic acids is 1. The highest BCUT2D eigenvalue weighted by atomic mass is 127. The molecule has 4 nitrogen and oxygen atoms in total. The van der Waals surface area contributed by atoms with Crippen LogP contribution in [0.3, 0.4) is 0 Å². The number of alkyl halides is 2. The molecule has 1 aromatic heterocycles. The van der Waals surface area contributed by atoms with Gasteiger partial charge in [0.25, 0.3) is 0 Å². The zero-order chi connectivity index (χ0) is 15.1. The minimum Gasteiger partial charge on any atom is -0.474 e. The van der Waals surface area contributed by atoms with Gasteiger partial charge in [0.2, 0.25) is 0 Å². The van der Waals surface area contributed by atoms with Gasteiger partial charge < -0.3 is 9.84 Å². The van der Waals surface area contributed by atoms with E-state index < -0.39 is 12.1 Å². The molecule has 0 bridgehead atoms. The number of halogens is 5. The third-order valence-electron chi connectivity index (χ3n) is 2.28. The minimum absolute atomic E-state index is 0.0321. The summed E-state index contributed by atoms with van der Waals surface area (Å²) in [5.74, 6) is -2.79. The van der Waals surface area contributed by atoms with Crippen LogP contribution in [0.15, 0.2) is 18.2 Å². The molecule has 0 aliphatic carbocycles. The van der Waals surface area contributed by atoms with E-state index in [0.717, 1.165) is 0 Å². The van der Waals surface area contributed by atoms with E-state index in [-0.39, 0.29) is 25.0 Å². The number of carboxylic acid groups (broad SMARTS) is 1. The van der Waals surface area contributed by atoms with E-state index in [4.69, 9.17) is 28.3 Å². The fourth-order valence-corrected chi connectivity index (χ4v) is 2.71. The van der Waals surface area contributed by atoms with Gasteiger partial charge in [-0.15, -0.1) is 0 Å². The average molecular weight is 434 g/mol. The van der Waals surface area contributed by atoms with Crippen LogP contribution in [0.1, 0.15) is 0 Å². The predicted octanol–water partition coefficient (Wildman–Crippen LogP) is 4.20. The molecule has 0 aliphatic heterocycles. The fourth-order valence-electron chi connectivity index (χ4n) is 1.44. The molecule has 0 radical (unpaired) electrons. The Morgan fingerprint density at radius 2 is 2.05 bits per heavy atom. The molecule has 9 heteroatoms. The average Bonchev–Trinajstić information content (AvgIpc) is 2.34. The third-order valence-corrected chi connectivity index (χ3v) is 3.61. The molecule has 0 aliphatic rings. The van der Waals surface area contributed by atoms with Crippen molar-refractivity contribution in [2.24, 2.45) is 0 Å². The van der Waals surface area contributed by atoms with E-state index in [9.17, 15) is 13.6 Å². The Morgan fingerprint density at radius 1 is 1.40 bits per heavy atom. The van der Waals surface area contributed by atoms with Gasteiger partial charge >= 0.3 is 12.1 Å². The lowest BCUT2D eigenvalue weighted by atomic mass is 10.2. The van der Waals surface area contributed by atoms with E-state index in [1.807, 2.05) is 0 Å². The molecule has 0 atom stereocenters. The van der Waals surface area contributed by atoms with Gasteiger partial charge in [-0.05, 0) is 40.8 Å². The Bertz CT molecular complexity index is 712. The van der Waals surface area contributed by atoms with Crippen LogP contribution in [0.5, 0.6) is 5.75 Å². The van der Waals surface area contributed by atoms with E-state index in [1.54, 1.807) is 22.6 Å². The summed E-state index contributed by atoms with van der Waals surface area (Å²) in [6.07, 6.45) is -4.38. The number of nitrogens with zero attached hydrogens (tertiary/aromatic N) is 1. The summed E-state index contributed by atoms with van der Waals surface area (Å²) in [5.41, 5.74) is -0.0321. The molecule has 0 unspecified atom stereocenters. The van der Waals surface area contributed by atoms with E-state index in [0.29, 0.717) is 5.39 Å². The second-order valence-corrected chi connectivity index (χ2v) is 5.58. The van der Waals surface area contributed by atoms with Crippen LogP contribution in [0, 0.1) is 3.57 Å². The highest BCUT2D eigenvalue weighted by Gasteiger charge is 2.43. The van der Waals surface area contributed by atoms with Gasteiger partial charge in [0.1, 0.15) is 10.7 Å². The number of hydrogen-bond donors (Lipinski definition) is 1. The second-order valence-electron chi connectivity index (χ2n) is 3.62. The maximum absolute atomic E-state index is 13.2. The fraction of sp³-hybridized carbons (Fsp3) is 0.0909. The second kappa shape index (κ2) is 5.45. The summed E-state index contributed by atoms with van der Waals surface area (Å²) in [6, 6.07) is 4.28. The molecule has 0 saturated heterocycles. The molecular formula is C11H4Cl2F2INO3. The lowest BCUT2D eigenvalue weighted by Crippen LogP contribution is -2.35. The van der Waals surface area contributed by atoms with Gasteiger partial charge in [-0.2, -0.15) is 8.78 Å². The topological polar surface area (TPSA) is 59.4 Å². The molecular weight excluding hydrogens is 430 g/mol. The van der Waals surface area contributed by atoms with Gasteiger partial charge in [0, 0.05) is 5.39 Å². The minimum atomic E-state index is -4.38. The van der Waals surface area contributed by atoms with Crippen LogP contribution < -0.4 is 4.74 Å². The summed E-state index contributed by atoms with van der Waals surface area (Å²) in [5, 5.41) is 9.06. The SMILES string of the molecule is O=C(O)C(F)(F)Oc1c(I)cc(Cl)c2ccc(Cl)nc12. The number of aliphatic carboxylic acids is 1. The Hall–Kier alpha value is -0.930. The predicted molar refractivity (Wildman–Crippen MR) is 77.7 cm³/mol. The van der Waals surface area contributed by atoms with Crippen molar-refractivity contribution >= 4 is 62.7 Å². The van der Waals surface area contributed by atoms with Crippen molar-refractivity contribution in [3.05, 3.63) is 31.9 Å². The first-order chi connectivity index (χ1) is 9.22. The number of carbonyl (C=O) groups is 1. The molecule has 2 aromatic rings. The first-order valence-electron chi connectivity index (χ1n) is 4.97. The molecule has 1 N–H and O–H groups in total. The number of fused-ring (bicyclic) bond motifs is 1. The molecule has 0 spiro atoms. The Morgan fingerprint density at radius 3 is 2.65 bits per heavy atom. The zero-order valence-electron chi connectivity index (χ0n) is 9.33. The molecule has 106 valence electrons. The zero-order valence-corrected chi connectivity index (χ0v) is 13.0. The Balaban J connectivity index is 2.69. The number of pyridine rings is 1. The van der Waals surface area contributed by atoms with Crippen molar-refractivity contribution in [2.45, 2.75) is 6.11 Å². The summed E-state index contributed by atoms with van der Waals surface area (Å²) in [6.45, 7) is 0. The Kier molecular flexibility index (Phi) is 4.22. The largest absolute Gasteiger partial charge is 0.502 e. The van der Waals surface area contributed by atoms with Crippen molar-refractivity contribution < 1.29 is 23.4 Å². The number of ether oxygens (including phenoxy) is 1. The van der Waals surface area contributed by atoms with E-state index in [2.05, 4.69) is 9.72 Å². The molecule has 2 rings (SSSR count). The lowest BCUT2D eigenvalue weighted by molar-refractivity contribution is -0.210. The summed E-state index contributed by atoms with van der Waals surface area (Å²) >= 11 is 13.4. The normalized spacial score (nSPS) is 11.7. The number of hydrogen-bond acceptors (Lipinski definition) is 3. The van der Waals surface area contributed by atoms with Crippen LogP contribution in [0.2, 0.25) is 10.2 Å². The molecule has 0 saturated carbocycles. The smallest absolute Gasteiger partial charge is 0.474 e. The number of benzene rings is 1. The van der Waals surface area contributed by atoms with E-state index in [1.165, 1.54) is 18.2 Å². The highest BCUT2D eigenvalue weighted by molar-refractivity contribution is 14.1. The van der Waals surface area contributed by atoms with Gasteiger partial charge in [0.15, 0.2) is 5.75 Å². The van der Waals surface area contributed by atoms with Crippen LogP contribution in [-0.2, 0) is 4.79 Å². The maximum Gasteiger partial charge on any atom is 0.502 e. The van der Waals surface area contributed by atoms with E-state index >= 15 is 0 Å². The van der Waals surface area contributed by atoms with Crippen LogP contribution in [0.4, 0.5) is 8.78 Å². The molecule has 0 amide bonds. The molecule has 1 heterocycles. The van der Waals surface area contributed by atoms with Crippen LogP contribution >= 0.6 is 45.8 Å². The summed E-state index contributed by atoms with van der Waals surface area (Å²) in [7, 11) is 0. The van der Waals surface area contributed by atoms with Crippen molar-refractivity contribution in [3.63, 3.8) is 0 Å². The molecule has 20 heavy (non-hydrogen) atoms. The number of aromatic nitrogens is 1. The monoisotopic (exact) mass is 433 g/mol. The van der Waals surface area contributed by atoms with Gasteiger partial charge in [-0.25, -0.2) is 9.78 Å². The molecule has 1 aromatic carbocycles. The lowest BCUT2D eigenvalue weighted by Gasteiger charge is -2.16. The van der Waals surface area contributed by atoms with Crippen molar-refractivity contribution in [3.8, 4) is 5.75 Å². The van der Waals surface area contributed by atoms with Gasteiger partial charge in [0.05, 0.1) is 8.59 Å². The first kappa shape index (κ1) is 15.5. The van der Waals surface area contributed by atoms with Gasteiger partial charge in [-0.3, -0.25) is 0 Å². The van der Waals surface area contributed by atoms with Gasteiger partial charge in [-0.1, -0.05) is 23.2 Å². The first-order valence-corrected chi connectivity index (χ1v) is 6.80. The van der Waals surface area contributed by atoms with Crippen LogP contribution in [-0.4, -0.2) is 22.2 Å². The summed E-state index contributed by atoms with van der Waals surface area (Å²) in [4.78, 5) is 14.3. The van der Waals surface area contributed by atoms with Crippen molar-refractivity contribution in [2.75, 3.05) is 0 Å². The Labute approximate surface area is 134 Å². The van der Waals surface area contributed by atoms with Crippen molar-refractivity contribution in [1.82, 2.24) is 4.98 Å². The summed E-state index contributed by atoms with van der Waals surface area (Å²) < 4.78 is 30.9. The third kappa shape index (κ3) is 2.89. The maximum atomic E-state index is 13.2. The number of rotatable bonds is 3. The van der Waals surface area contributed by atoms with Crippen LogP contribution in [0.25, 0.3) is 10.9 Å². The highest BCUT2D eigenvalue weighted by Crippen LogP contribution is 2.38. The quantitative estimate of drug-likeness (QED) is 0.582. The molecule has 0 fully saturated rings. The standard InChI is InChI=1S/C11H4Cl2F2INO3/c12-5-3-6(16)9(20-11(14,15)10(18)19)8-4(5)1-2-7(13)17-8/h1-3H,(H,18,19).